The van der Waals surface area contributed by atoms with E-state index in [1.807, 2.05) is 30.3 Å². The Morgan fingerprint density at radius 1 is 1.12 bits per heavy atom. The van der Waals surface area contributed by atoms with E-state index < -0.39 is 11.8 Å². The van der Waals surface area contributed by atoms with Crippen LogP contribution in [0.1, 0.15) is 11.1 Å². The van der Waals surface area contributed by atoms with Gasteiger partial charge in [-0.05, 0) is 30.2 Å². The maximum Gasteiger partial charge on any atom is 0.313 e. The van der Waals surface area contributed by atoms with Gasteiger partial charge in [-0.15, -0.1) is 0 Å². The molecule has 0 aliphatic heterocycles. The van der Waals surface area contributed by atoms with E-state index in [0.717, 1.165) is 5.56 Å². The molecule has 0 fully saturated rings. The van der Waals surface area contributed by atoms with Gasteiger partial charge in [0, 0.05) is 23.8 Å². The average Bonchev–Trinajstić information content (AvgIpc) is 2.59. The molecule has 0 atom stereocenters. The molecular weight excluding hydrogens is 328 g/mol. The Balaban J connectivity index is 2.11. The molecule has 0 saturated carbocycles. The van der Waals surface area contributed by atoms with E-state index in [-0.39, 0.29) is 19.7 Å². The summed E-state index contributed by atoms with van der Waals surface area (Å²) in [6.45, 7) is 1.87. The standard InChI is InChI=1S/C18H19ClN2O3/c1-13-15(19)8-5-9-16(13)20-17(23)18(24)21(10-11-22)12-14-6-3-2-4-7-14/h2-9,22H,10-12H2,1H3,(H,20,23). The van der Waals surface area contributed by atoms with Gasteiger partial charge in [-0.3, -0.25) is 9.59 Å². The van der Waals surface area contributed by atoms with Crippen LogP contribution in [-0.2, 0) is 16.1 Å². The lowest BCUT2D eigenvalue weighted by Gasteiger charge is -2.21. The van der Waals surface area contributed by atoms with E-state index in [0.29, 0.717) is 16.3 Å². The third kappa shape index (κ3) is 4.57. The van der Waals surface area contributed by atoms with Crippen LogP contribution in [-0.4, -0.2) is 35.0 Å². The first-order valence-electron chi connectivity index (χ1n) is 7.53. The maximum absolute atomic E-state index is 12.4. The highest BCUT2D eigenvalue weighted by atomic mass is 35.5. The first-order chi connectivity index (χ1) is 11.5. The summed E-state index contributed by atoms with van der Waals surface area (Å²) in [4.78, 5) is 26.0. The number of aliphatic hydroxyl groups is 1. The number of anilines is 1. The fourth-order valence-electron chi connectivity index (χ4n) is 2.24. The molecule has 0 radical (unpaired) electrons. The Morgan fingerprint density at radius 2 is 1.83 bits per heavy atom. The predicted octanol–water partition coefficient (Wildman–Crippen LogP) is 2.61. The second-order valence-corrected chi connectivity index (χ2v) is 5.71. The van der Waals surface area contributed by atoms with E-state index in [1.54, 1.807) is 25.1 Å². The fraction of sp³-hybridized carbons (Fsp3) is 0.222. The van der Waals surface area contributed by atoms with Crippen molar-refractivity contribution < 1.29 is 14.7 Å². The number of amides is 2. The predicted molar refractivity (Wildman–Crippen MR) is 93.8 cm³/mol. The summed E-state index contributed by atoms with van der Waals surface area (Å²) in [5.41, 5.74) is 2.06. The van der Waals surface area contributed by atoms with Crippen LogP contribution in [0.5, 0.6) is 0 Å². The van der Waals surface area contributed by atoms with Gasteiger partial charge in [0.25, 0.3) is 0 Å². The molecule has 2 rings (SSSR count). The van der Waals surface area contributed by atoms with Crippen molar-refractivity contribution in [1.82, 2.24) is 4.90 Å². The van der Waals surface area contributed by atoms with Crippen LogP contribution < -0.4 is 5.32 Å². The number of aliphatic hydroxyl groups excluding tert-OH is 1. The van der Waals surface area contributed by atoms with E-state index in [9.17, 15) is 14.7 Å². The van der Waals surface area contributed by atoms with Gasteiger partial charge in [0.1, 0.15) is 0 Å². The van der Waals surface area contributed by atoms with Crippen molar-refractivity contribution in [1.29, 1.82) is 0 Å². The molecule has 0 aromatic heterocycles. The molecule has 0 unspecified atom stereocenters. The Hall–Kier alpha value is -2.37. The van der Waals surface area contributed by atoms with Crippen molar-refractivity contribution in [3.63, 3.8) is 0 Å². The normalized spacial score (nSPS) is 10.3. The van der Waals surface area contributed by atoms with Crippen LogP contribution in [0.4, 0.5) is 5.69 Å². The van der Waals surface area contributed by atoms with Crippen molar-refractivity contribution in [2.75, 3.05) is 18.5 Å². The number of hydrogen-bond donors (Lipinski definition) is 2. The van der Waals surface area contributed by atoms with Gasteiger partial charge in [0.05, 0.1) is 6.61 Å². The minimum atomic E-state index is -0.759. The van der Waals surface area contributed by atoms with Crippen molar-refractivity contribution in [3.05, 3.63) is 64.7 Å². The summed E-state index contributed by atoms with van der Waals surface area (Å²) >= 11 is 6.02. The lowest BCUT2D eigenvalue weighted by Crippen LogP contribution is -2.40. The van der Waals surface area contributed by atoms with Crippen molar-refractivity contribution in [2.24, 2.45) is 0 Å². The van der Waals surface area contributed by atoms with E-state index >= 15 is 0 Å². The number of hydrogen-bond acceptors (Lipinski definition) is 3. The van der Waals surface area contributed by atoms with Gasteiger partial charge < -0.3 is 15.3 Å². The van der Waals surface area contributed by atoms with Gasteiger partial charge in [-0.2, -0.15) is 0 Å². The monoisotopic (exact) mass is 346 g/mol. The van der Waals surface area contributed by atoms with E-state index in [1.165, 1.54) is 4.90 Å². The molecule has 5 nitrogen and oxygen atoms in total. The highest BCUT2D eigenvalue weighted by Crippen LogP contribution is 2.23. The molecule has 0 saturated heterocycles. The number of carbonyl (C=O) groups excluding carboxylic acids is 2. The van der Waals surface area contributed by atoms with Gasteiger partial charge >= 0.3 is 11.8 Å². The molecule has 0 bridgehead atoms. The third-order valence-corrected chi connectivity index (χ3v) is 3.99. The Morgan fingerprint density at radius 3 is 2.50 bits per heavy atom. The van der Waals surface area contributed by atoms with Crippen LogP contribution in [0.3, 0.4) is 0 Å². The molecule has 2 amide bonds. The van der Waals surface area contributed by atoms with Crippen LogP contribution in [0.15, 0.2) is 48.5 Å². The van der Waals surface area contributed by atoms with E-state index in [4.69, 9.17) is 11.6 Å². The van der Waals surface area contributed by atoms with E-state index in [2.05, 4.69) is 5.32 Å². The largest absolute Gasteiger partial charge is 0.395 e. The average molecular weight is 347 g/mol. The minimum absolute atomic E-state index is 0.0790. The van der Waals surface area contributed by atoms with Crippen LogP contribution >= 0.6 is 11.6 Å². The van der Waals surface area contributed by atoms with Crippen LogP contribution in [0, 0.1) is 6.92 Å². The van der Waals surface area contributed by atoms with Crippen LogP contribution in [0.2, 0.25) is 5.02 Å². The lowest BCUT2D eigenvalue weighted by molar-refractivity contribution is -0.143. The van der Waals surface area contributed by atoms with Gasteiger partial charge in [0.2, 0.25) is 0 Å². The van der Waals surface area contributed by atoms with Crippen LogP contribution in [0.25, 0.3) is 0 Å². The zero-order valence-corrected chi connectivity index (χ0v) is 14.1. The summed E-state index contributed by atoms with van der Waals surface area (Å²) in [7, 11) is 0. The SMILES string of the molecule is Cc1c(Cl)cccc1NC(=O)C(=O)N(CCO)Cc1ccccc1. The zero-order chi connectivity index (χ0) is 17.5. The number of benzene rings is 2. The number of halogens is 1. The topological polar surface area (TPSA) is 69.6 Å². The van der Waals surface area contributed by atoms with Gasteiger partial charge in [-0.25, -0.2) is 0 Å². The number of rotatable bonds is 5. The summed E-state index contributed by atoms with van der Waals surface area (Å²) in [5, 5.41) is 12.3. The smallest absolute Gasteiger partial charge is 0.313 e. The van der Waals surface area contributed by atoms with Crippen molar-refractivity contribution in [3.8, 4) is 0 Å². The molecule has 24 heavy (non-hydrogen) atoms. The molecule has 2 aromatic carbocycles. The second-order valence-electron chi connectivity index (χ2n) is 5.30. The summed E-state index contributed by atoms with van der Waals surface area (Å²) in [6, 6.07) is 14.4. The summed E-state index contributed by atoms with van der Waals surface area (Å²) in [5.74, 6) is -1.46. The minimum Gasteiger partial charge on any atom is -0.395 e. The van der Waals surface area contributed by atoms with Gasteiger partial charge in [-0.1, -0.05) is 48.0 Å². The Labute approximate surface area is 145 Å². The quantitative estimate of drug-likeness (QED) is 0.818. The number of nitrogens with zero attached hydrogens (tertiary/aromatic N) is 1. The first-order valence-corrected chi connectivity index (χ1v) is 7.91. The zero-order valence-electron chi connectivity index (χ0n) is 13.3. The third-order valence-electron chi connectivity index (χ3n) is 3.58. The maximum atomic E-state index is 12.4. The van der Waals surface area contributed by atoms with Crippen molar-refractivity contribution in [2.45, 2.75) is 13.5 Å². The molecule has 2 aromatic rings. The second kappa shape index (κ2) is 8.47. The molecule has 0 aliphatic rings. The summed E-state index contributed by atoms with van der Waals surface area (Å²) in [6.07, 6.45) is 0. The summed E-state index contributed by atoms with van der Waals surface area (Å²) < 4.78 is 0. The molecule has 0 heterocycles. The first kappa shape index (κ1) is 18.0. The fourth-order valence-corrected chi connectivity index (χ4v) is 2.41. The number of nitrogens with one attached hydrogen (secondary N) is 1. The molecule has 0 spiro atoms. The van der Waals surface area contributed by atoms with Gasteiger partial charge in [0.15, 0.2) is 0 Å². The highest BCUT2D eigenvalue weighted by Gasteiger charge is 2.22. The molecule has 126 valence electrons. The highest BCUT2D eigenvalue weighted by molar-refractivity contribution is 6.40. The number of carbonyl (C=O) groups is 2. The molecule has 2 N–H and O–H groups in total. The lowest BCUT2D eigenvalue weighted by atomic mass is 10.2. The Bertz CT molecular complexity index is 719. The Kier molecular flexibility index (Phi) is 6.35. The molecular formula is C18H19ClN2O3. The van der Waals surface area contributed by atoms with Crippen molar-refractivity contribution >= 4 is 29.1 Å². The molecule has 6 heteroatoms. The molecule has 0 aliphatic carbocycles.